The van der Waals surface area contributed by atoms with E-state index in [1.54, 1.807) is 0 Å². The van der Waals surface area contributed by atoms with Crippen LogP contribution in [-0.2, 0) is 0 Å². The van der Waals surface area contributed by atoms with Crippen molar-refractivity contribution >= 4 is 92.3 Å². The first kappa shape index (κ1) is 29.1. The lowest BCUT2D eigenvalue weighted by molar-refractivity contribution is 0.669. The van der Waals surface area contributed by atoms with E-state index in [0.29, 0.717) is 0 Å². The fourth-order valence-corrected chi connectivity index (χ4v) is 9.18. The van der Waals surface area contributed by atoms with Gasteiger partial charge in [0.2, 0.25) is 0 Å². The summed E-state index contributed by atoms with van der Waals surface area (Å²) in [6.45, 7) is 0. The van der Waals surface area contributed by atoms with Crippen LogP contribution in [0.15, 0.2) is 186 Å². The number of hydrogen-bond donors (Lipinski definition) is 0. The monoisotopic (exact) mass is 682 g/mol. The molecule has 3 heterocycles. The Morgan fingerprint density at radius 3 is 2.00 bits per heavy atom. The summed E-state index contributed by atoms with van der Waals surface area (Å²) in [6.07, 6.45) is 0. The zero-order chi connectivity index (χ0) is 34.2. The number of aromatic nitrogens is 1. The molecule has 0 amide bonds. The molecule has 0 spiro atoms. The number of thiophene rings is 1. The molecule has 52 heavy (non-hydrogen) atoms. The smallest absolute Gasteiger partial charge is 0.137 e. The van der Waals surface area contributed by atoms with Gasteiger partial charge in [0.05, 0.1) is 22.1 Å². The first-order valence-corrected chi connectivity index (χ1v) is 18.4. The maximum atomic E-state index is 6.43. The van der Waals surface area contributed by atoms with Gasteiger partial charge in [0, 0.05) is 53.4 Å². The zero-order valence-corrected chi connectivity index (χ0v) is 28.8. The van der Waals surface area contributed by atoms with Crippen LogP contribution in [-0.4, -0.2) is 4.57 Å². The number of benzene rings is 8. The highest BCUT2D eigenvalue weighted by molar-refractivity contribution is 7.25. The topological polar surface area (TPSA) is 21.3 Å². The molecule has 8 aromatic carbocycles. The van der Waals surface area contributed by atoms with Crippen LogP contribution < -0.4 is 4.90 Å². The van der Waals surface area contributed by atoms with Crippen molar-refractivity contribution in [1.29, 1.82) is 0 Å². The highest BCUT2D eigenvalue weighted by Gasteiger charge is 2.22. The largest absolute Gasteiger partial charge is 0.456 e. The minimum atomic E-state index is 0.877. The van der Waals surface area contributed by atoms with Gasteiger partial charge in [0.25, 0.3) is 0 Å². The molecule has 0 saturated heterocycles. The first-order valence-electron chi connectivity index (χ1n) is 17.6. The van der Waals surface area contributed by atoms with Gasteiger partial charge in [0.1, 0.15) is 11.2 Å². The second-order valence-corrected chi connectivity index (χ2v) is 14.4. The van der Waals surface area contributed by atoms with Crippen LogP contribution in [0.4, 0.5) is 17.1 Å². The van der Waals surface area contributed by atoms with Crippen molar-refractivity contribution < 1.29 is 4.42 Å². The molecule has 0 aliphatic carbocycles. The molecular formula is C48H30N2OS. The first-order chi connectivity index (χ1) is 25.8. The third-order valence-electron chi connectivity index (χ3n) is 10.4. The van der Waals surface area contributed by atoms with E-state index in [9.17, 15) is 0 Å². The molecule has 0 atom stereocenters. The van der Waals surface area contributed by atoms with Crippen molar-refractivity contribution in [1.82, 2.24) is 4.57 Å². The van der Waals surface area contributed by atoms with E-state index in [1.807, 2.05) is 17.4 Å². The summed E-state index contributed by atoms with van der Waals surface area (Å²) in [5, 5.41) is 7.21. The summed E-state index contributed by atoms with van der Waals surface area (Å²) < 4.78 is 11.4. The minimum absolute atomic E-state index is 0.877. The van der Waals surface area contributed by atoms with Gasteiger partial charge < -0.3 is 13.9 Å². The van der Waals surface area contributed by atoms with E-state index >= 15 is 0 Å². The van der Waals surface area contributed by atoms with Crippen molar-refractivity contribution in [3.05, 3.63) is 182 Å². The second-order valence-electron chi connectivity index (χ2n) is 13.3. The minimum Gasteiger partial charge on any atom is -0.456 e. The SMILES string of the molecule is c1ccc(-c2ccc3c4cc(N(c5ccc6c(c5)sc5ccccc56)c5cccc6oc7ccccc7c56)ccc4n(-c4ccccc4)c3c2)cc1. The molecule has 3 aromatic heterocycles. The van der Waals surface area contributed by atoms with E-state index in [0.717, 1.165) is 44.7 Å². The van der Waals surface area contributed by atoms with Gasteiger partial charge in [0.15, 0.2) is 0 Å². The molecular weight excluding hydrogens is 653 g/mol. The molecule has 0 unspecified atom stereocenters. The van der Waals surface area contributed by atoms with Crippen molar-refractivity contribution in [2.24, 2.45) is 0 Å². The van der Waals surface area contributed by atoms with E-state index in [2.05, 4.69) is 185 Å². The molecule has 0 fully saturated rings. The molecule has 4 heteroatoms. The Kier molecular flexibility index (Phi) is 6.42. The van der Waals surface area contributed by atoms with Gasteiger partial charge in [-0.15, -0.1) is 11.3 Å². The van der Waals surface area contributed by atoms with Crippen LogP contribution >= 0.6 is 11.3 Å². The molecule has 11 aromatic rings. The lowest BCUT2D eigenvalue weighted by Gasteiger charge is -2.26. The Labute approximate surface area is 303 Å². The number of rotatable bonds is 5. The highest BCUT2D eigenvalue weighted by atomic mass is 32.1. The quantitative estimate of drug-likeness (QED) is 0.180. The highest BCUT2D eigenvalue weighted by Crippen LogP contribution is 2.46. The molecule has 0 bridgehead atoms. The van der Waals surface area contributed by atoms with Gasteiger partial charge in [-0.1, -0.05) is 109 Å². The third kappa shape index (κ3) is 4.45. The summed E-state index contributed by atoms with van der Waals surface area (Å²) in [4.78, 5) is 2.41. The summed E-state index contributed by atoms with van der Waals surface area (Å²) >= 11 is 1.85. The summed E-state index contributed by atoms with van der Waals surface area (Å²) in [7, 11) is 0. The van der Waals surface area contributed by atoms with Gasteiger partial charge in [-0.25, -0.2) is 0 Å². The number of para-hydroxylation sites is 2. The van der Waals surface area contributed by atoms with Gasteiger partial charge in [-0.3, -0.25) is 0 Å². The van der Waals surface area contributed by atoms with Gasteiger partial charge in [-0.05, 0) is 83.9 Å². The standard InChI is InChI=1S/C48H30N2OS/c1-3-12-31(13-4-1)32-22-25-36-40-29-34(24-27-41(40)50(43(36)28-32)33-14-5-2-6-15-33)49(35-23-26-38-37-16-8-10-21-46(37)52-47(38)30-35)42-18-11-20-45-48(42)39-17-7-9-19-44(39)51-45/h1-30H. The average molecular weight is 683 g/mol. The van der Waals surface area contributed by atoms with Crippen LogP contribution in [0.25, 0.3) is 80.7 Å². The molecule has 11 rings (SSSR count). The molecule has 0 radical (unpaired) electrons. The van der Waals surface area contributed by atoms with E-state index < -0.39 is 0 Å². The number of furan rings is 1. The fraction of sp³-hybridized carbons (Fsp3) is 0. The maximum Gasteiger partial charge on any atom is 0.137 e. The summed E-state index contributed by atoms with van der Waals surface area (Å²) in [5.41, 5.74) is 10.9. The molecule has 0 saturated carbocycles. The van der Waals surface area contributed by atoms with Crippen LogP contribution in [0.1, 0.15) is 0 Å². The Morgan fingerprint density at radius 1 is 0.423 bits per heavy atom. The third-order valence-corrected chi connectivity index (χ3v) is 11.5. The predicted molar refractivity (Wildman–Crippen MR) is 221 cm³/mol. The van der Waals surface area contributed by atoms with Crippen molar-refractivity contribution in [3.8, 4) is 16.8 Å². The number of fused-ring (bicyclic) bond motifs is 9. The van der Waals surface area contributed by atoms with Crippen molar-refractivity contribution in [2.75, 3.05) is 4.90 Å². The van der Waals surface area contributed by atoms with Crippen LogP contribution in [0.3, 0.4) is 0 Å². The van der Waals surface area contributed by atoms with Crippen LogP contribution in [0, 0.1) is 0 Å². The second kappa shape index (κ2) is 11.5. The van der Waals surface area contributed by atoms with Crippen molar-refractivity contribution in [3.63, 3.8) is 0 Å². The summed E-state index contributed by atoms with van der Waals surface area (Å²) in [6, 6.07) is 65.5. The molecule has 0 N–H and O–H groups in total. The predicted octanol–water partition coefficient (Wildman–Crippen LogP) is 14.2. The Bertz CT molecular complexity index is 3130. The van der Waals surface area contributed by atoms with E-state index in [-0.39, 0.29) is 0 Å². The zero-order valence-electron chi connectivity index (χ0n) is 28.0. The van der Waals surface area contributed by atoms with E-state index in [4.69, 9.17) is 4.42 Å². The van der Waals surface area contributed by atoms with Gasteiger partial charge in [-0.2, -0.15) is 0 Å². The molecule has 3 nitrogen and oxygen atoms in total. The molecule has 0 aliphatic rings. The van der Waals surface area contributed by atoms with Crippen molar-refractivity contribution in [2.45, 2.75) is 0 Å². The summed E-state index contributed by atoms with van der Waals surface area (Å²) in [5.74, 6) is 0. The molecule has 0 aliphatic heterocycles. The van der Waals surface area contributed by atoms with Crippen LogP contribution in [0.2, 0.25) is 0 Å². The lowest BCUT2D eigenvalue weighted by atomic mass is 10.0. The molecule has 244 valence electrons. The fourth-order valence-electron chi connectivity index (χ4n) is 8.04. The van der Waals surface area contributed by atoms with E-state index in [1.165, 1.54) is 53.1 Å². The van der Waals surface area contributed by atoms with Gasteiger partial charge >= 0.3 is 0 Å². The maximum absolute atomic E-state index is 6.43. The Hall–Kier alpha value is -6.62. The number of nitrogens with zero attached hydrogens (tertiary/aromatic N) is 2. The lowest BCUT2D eigenvalue weighted by Crippen LogP contribution is -2.10. The Morgan fingerprint density at radius 2 is 1.12 bits per heavy atom. The normalized spacial score (nSPS) is 11.8. The number of anilines is 3. The number of hydrogen-bond acceptors (Lipinski definition) is 3. The average Bonchev–Trinajstić information content (AvgIpc) is 3.88. The van der Waals surface area contributed by atoms with Crippen LogP contribution in [0.5, 0.6) is 0 Å². The Balaban J connectivity index is 1.19.